The van der Waals surface area contributed by atoms with E-state index in [1.165, 1.54) is 18.7 Å². The van der Waals surface area contributed by atoms with Crippen molar-refractivity contribution in [2.24, 2.45) is 0 Å². The first-order valence-corrected chi connectivity index (χ1v) is 8.59. The molecule has 0 unspecified atom stereocenters. The molecule has 1 aliphatic carbocycles. The third-order valence-electron chi connectivity index (χ3n) is 3.77. The van der Waals surface area contributed by atoms with Crippen LogP contribution in [-0.2, 0) is 4.79 Å². The summed E-state index contributed by atoms with van der Waals surface area (Å²) in [5.41, 5.74) is 0.881. The van der Waals surface area contributed by atoms with E-state index in [9.17, 15) is 14.4 Å². The Bertz CT molecular complexity index is 838. The number of Topliss-reactive ketones (excluding diaryl/α,β-unsaturated/α-hetero) is 1. The highest BCUT2D eigenvalue weighted by molar-refractivity contribution is 8.00. The Morgan fingerprint density at radius 2 is 2.17 bits per heavy atom. The van der Waals surface area contributed by atoms with E-state index in [0.717, 1.165) is 12.8 Å². The van der Waals surface area contributed by atoms with E-state index in [2.05, 4.69) is 15.5 Å². The van der Waals surface area contributed by atoms with Gasteiger partial charge in [-0.2, -0.15) is 0 Å². The molecule has 7 nitrogen and oxygen atoms in total. The summed E-state index contributed by atoms with van der Waals surface area (Å²) in [7, 11) is 0. The van der Waals surface area contributed by atoms with E-state index < -0.39 is 5.25 Å². The lowest BCUT2D eigenvalue weighted by Crippen LogP contribution is -2.23. The smallest absolute Gasteiger partial charge is 0.325 e. The van der Waals surface area contributed by atoms with Gasteiger partial charge in [0.25, 0.3) is 0 Å². The Kier molecular flexibility index (Phi) is 4.57. The van der Waals surface area contributed by atoms with Crippen molar-refractivity contribution in [2.45, 2.75) is 43.1 Å². The molecule has 1 aromatic carbocycles. The molecule has 3 rings (SSSR count). The van der Waals surface area contributed by atoms with Crippen molar-refractivity contribution >= 4 is 29.1 Å². The first kappa shape index (κ1) is 16.5. The molecule has 1 saturated carbocycles. The second-order valence-electron chi connectivity index (χ2n) is 5.80. The molecule has 8 heteroatoms. The van der Waals surface area contributed by atoms with Gasteiger partial charge in [0.2, 0.25) is 5.91 Å². The van der Waals surface area contributed by atoms with E-state index in [1.807, 2.05) is 0 Å². The second-order valence-corrected chi connectivity index (χ2v) is 7.11. The monoisotopic (exact) mass is 346 g/mol. The van der Waals surface area contributed by atoms with Crippen LogP contribution in [0.25, 0.3) is 0 Å². The summed E-state index contributed by atoms with van der Waals surface area (Å²) >= 11 is 1.24. The van der Waals surface area contributed by atoms with E-state index in [-0.39, 0.29) is 23.4 Å². The highest BCUT2D eigenvalue weighted by atomic mass is 32.2. The van der Waals surface area contributed by atoms with Crippen LogP contribution in [0.4, 0.5) is 5.69 Å². The van der Waals surface area contributed by atoms with Crippen LogP contribution in [0.3, 0.4) is 0 Å². The van der Waals surface area contributed by atoms with Gasteiger partial charge in [0.1, 0.15) is 0 Å². The maximum atomic E-state index is 12.4. The molecule has 1 aliphatic rings. The maximum absolute atomic E-state index is 12.4. The number of carbonyl (C=O) groups excluding carboxylic acids is 2. The van der Waals surface area contributed by atoms with Gasteiger partial charge in [0.15, 0.2) is 10.9 Å². The third-order valence-corrected chi connectivity index (χ3v) is 4.84. The summed E-state index contributed by atoms with van der Waals surface area (Å²) in [5.74, 6) is -0.267. The second kappa shape index (κ2) is 6.64. The number of aromatic nitrogens is 3. The zero-order chi connectivity index (χ0) is 17.3. The van der Waals surface area contributed by atoms with Gasteiger partial charge in [-0.1, -0.05) is 23.9 Å². The topological polar surface area (TPSA) is 96.8 Å². The normalized spacial score (nSPS) is 15.1. The van der Waals surface area contributed by atoms with Crippen LogP contribution in [0.1, 0.15) is 43.1 Å². The summed E-state index contributed by atoms with van der Waals surface area (Å²) < 4.78 is 1.62. The van der Waals surface area contributed by atoms with Crippen LogP contribution in [0, 0.1) is 0 Å². The minimum atomic E-state index is -0.432. The Balaban J connectivity index is 1.68. The molecule has 0 saturated heterocycles. The number of H-pyrrole nitrogens is 1. The van der Waals surface area contributed by atoms with Gasteiger partial charge < -0.3 is 5.32 Å². The first-order chi connectivity index (χ1) is 11.5. The van der Waals surface area contributed by atoms with E-state index in [4.69, 9.17) is 0 Å². The fraction of sp³-hybridized carbons (Fsp3) is 0.375. The van der Waals surface area contributed by atoms with Crippen LogP contribution >= 0.6 is 11.8 Å². The van der Waals surface area contributed by atoms with Crippen molar-refractivity contribution < 1.29 is 9.59 Å². The molecule has 1 atom stereocenters. The number of anilines is 1. The van der Waals surface area contributed by atoms with E-state index >= 15 is 0 Å². The highest BCUT2D eigenvalue weighted by Gasteiger charge is 2.30. The average Bonchev–Trinajstić information content (AvgIpc) is 3.31. The summed E-state index contributed by atoms with van der Waals surface area (Å²) in [5, 5.41) is 9.34. The minimum Gasteiger partial charge on any atom is -0.325 e. The van der Waals surface area contributed by atoms with Crippen LogP contribution < -0.4 is 11.0 Å². The molecule has 0 bridgehead atoms. The quantitative estimate of drug-likeness (QED) is 0.617. The molecule has 0 aliphatic heterocycles. The summed E-state index contributed by atoms with van der Waals surface area (Å²) in [4.78, 5) is 35.5. The van der Waals surface area contributed by atoms with Crippen molar-refractivity contribution in [3.8, 4) is 0 Å². The lowest BCUT2D eigenvalue weighted by molar-refractivity contribution is -0.115. The maximum Gasteiger partial charge on any atom is 0.344 e. The van der Waals surface area contributed by atoms with Crippen molar-refractivity contribution in [3.63, 3.8) is 0 Å². The Morgan fingerprint density at radius 3 is 2.83 bits per heavy atom. The predicted molar refractivity (Wildman–Crippen MR) is 91.5 cm³/mol. The van der Waals surface area contributed by atoms with Gasteiger partial charge in [0, 0.05) is 17.3 Å². The molecule has 24 heavy (non-hydrogen) atoms. The number of benzene rings is 1. The fourth-order valence-electron chi connectivity index (χ4n) is 2.30. The summed E-state index contributed by atoms with van der Waals surface area (Å²) in [6.45, 7) is 3.24. The van der Waals surface area contributed by atoms with Gasteiger partial charge in [-0.3, -0.25) is 14.2 Å². The van der Waals surface area contributed by atoms with Crippen LogP contribution in [0.15, 0.2) is 34.2 Å². The number of carbonyl (C=O) groups is 2. The average molecular weight is 346 g/mol. The lowest BCUT2D eigenvalue weighted by Gasteiger charge is -2.12. The molecule has 1 heterocycles. The Labute approximate surface area is 142 Å². The number of rotatable bonds is 6. The molecule has 1 aromatic heterocycles. The minimum absolute atomic E-state index is 0.0569. The molecule has 126 valence electrons. The largest absolute Gasteiger partial charge is 0.344 e. The van der Waals surface area contributed by atoms with E-state index in [0.29, 0.717) is 16.4 Å². The predicted octanol–water partition coefficient (Wildman–Crippen LogP) is 2.23. The number of hydrogen-bond acceptors (Lipinski definition) is 5. The van der Waals surface area contributed by atoms with E-state index in [1.54, 1.807) is 35.8 Å². The van der Waals surface area contributed by atoms with Crippen molar-refractivity contribution in [1.82, 2.24) is 14.8 Å². The number of amides is 1. The van der Waals surface area contributed by atoms with Gasteiger partial charge in [-0.15, -0.1) is 5.10 Å². The zero-order valence-electron chi connectivity index (χ0n) is 13.4. The molecule has 2 N–H and O–H groups in total. The standard InChI is InChI=1S/C16H18N4O3S/c1-9(21)11-4-3-5-12(8-11)17-14(22)10(2)24-16-19-18-15(23)20(16)13-6-7-13/h3-5,8,10,13H,6-7H2,1-2H3,(H,17,22)(H,18,23)/t10-/m1/s1. The molecular weight excluding hydrogens is 328 g/mol. The van der Waals surface area contributed by atoms with Crippen molar-refractivity contribution in [3.05, 3.63) is 40.3 Å². The molecule has 0 radical (unpaired) electrons. The molecular formula is C16H18N4O3S. The summed E-state index contributed by atoms with van der Waals surface area (Å²) in [6, 6.07) is 7.00. The third kappa shape index (κ3) is 3.59. The Morgan fingerprint density at radius 1 is 1.42 bits per heavy atom. The number of aromatic amines is 1. The number of hydrogen-bond donors (Lipinski definition) is 2. The fourth-order valence-corrected chi connectivity index (χ4v) is 3.23. The molecule has 1 fully saturated rings. The van der Waals surface area contributed by atoms with Gasteiger partial charge >= 0.3 is 5.69 Å². The first-order valence-electron chi connectivity index (χ1n) is 7.71. The lowest BCUT2D eigenvalue weighted by atomic mass is 10.1. The molecule has 0 spiro atoms. The van der Waals surface area contributed by atoms with Gasteiger partial charge in [-0.05, 0) is 38.8 Å². The van der Waals surface area contributed by atoms with Crippen LogP contribution in [0.2, 0.25) is 0 Å². The van der Waals surface area contributed by atoms with Crippen molar-refractivity contribution in [1.29, 1.82) is 0 Å². The number of nitrogens with zero attached hydrogens (tertiary/aromatic N) is 2. The molecule has 2 aromatic rings. The van der Waals surface area contributed by atoms with Gasteiger partial charge in [0.05, 0.1) is 5.25 Å². The van der Waals surface area contributed by atoms with Crippen molar-refractivity contribution in [2.75, 3.05) is 5.32 Å². The number of thioether (sulfide) groups is 1. The zero-order valence-corrected chi connectivity index (χ0v) is 14.2. The highest BCUT2D eigenvalue weighted by Crippen LogP contribution is 2.36. The number of ketones is 1. The van der Waals surface area contributed by atoms with Gasteiger partial charge in [-0.25, -0.2) is 9.89 Å². The molecule has 1 amide bonds. The number of nitrogens with one attached hydrogen (secondary N) is 2. The van der Waals surface area contributed by atoms with Crippen LogP contribution in [0.5, 0.6) is 0 Å². The SMILES string of the molecule is CC(=O)c1cccc(NC(=O)[C@@H](C)Sc2n[nH]c(=O)n2C2CC2)c1. The Hall–Kier alpha value is -2.35. The van der Waals surface area contributed by atoms with Crippen LogP contribution in [-0.4, -0.2) is 31.7 Å². The summed E-state index contributed by atoms with van der Waals surface area (Å²) in [6.07, 6.45) is 1.93.